The molecule has 0 saturated carbocycles. The lowest BCUT2D eigenvalue weighted by molar-refractivity contribution is 0.537. The number of rotatable bonds is 5. The summed E-state index contributed by atoms with van der Waals surface area (Å²) in [6, 6.07) is 10.7. The lowest BCUT2D eigenvalue weighted by atomic mass is 10.1. The number of para-hydroxylation sites is 1. The van der Waals surface area contributed by atoms with Gasteiger partial charge in [0.15, 0.2) is 0 Å². The molecular weight excluding hydrogens is 234 g/mol. The molecule has 19 heavy (non-hydrogen) atoms. The minimum absolute atomic E-state index is 0.421. The van der Waals surface area contributed by atoms with Crippen LogP contribution < -0.4 is 5.32 Å². The van der Waals surface area contributed by atoms with Crippen LogP contribution in [-0.2, 0) is 0 Å². The van der Waals surface area contributed by atoms with Crippen LogP contribution in [0.5, 0.6) is 0 Å². The van der Waals surface area contributed by atoms with E-state index in [-0.39, 0.29) is 0 Å². The summed E-state index contributed by atoms with van der Waals surface area (Å²) in [7, 11) is 0. The predicted molar refractivity (Wildman–Crippen MR) is 80.8 cm³/mol. The Bertz CT molecular complexity index is 514. The number of hydrogen-bond donors (Lipinski definition) is 1. The summed E-state index contributed by atoms with van der Waals surface area (Å²) >= 11 is 0. The third-order valence-corrected chi connectivity index (χ3v) is 3.06. The van der Waals surface area contributed by atoms with E-state index in [1.54, 1.807) is 0 Å². The molecule has 0 amide bonds. The van der Waals surface area contributed by atoms with E-state index < -0.39 is 0 Å². The highest BCUT2D eigenvalue weighted by atomic mass is 15.2. The first-order valence-corrected chi connectivity index (χ1v) is 6.94. The van der Waals surface area contributed by atoms with Gasteiger partial charge in [-0.1, -0.05) is 32.0 Å². The van der Waals surface area contributed by atoms with Gasteiger partial charge in [0.2, 0.25) is 5.95 Å². The van der Waals surface area contributed by atoms with Crippen molar-refractivity contribution in [3.05, 3.63) is 42.2 Å². The molecule has 2 rings (SSSR count). The number of benzene rings is 1. The molecule has 0 bridgehead atoms. The SMILES string of the molecule is Cc1cn(-c2ccccc2)c(NC(C)CC(C)C)n1. The van der Waals surface area contributed by atoms with Crippen molar-refractivity contribution in [2.45, 2.75) is 40.2 Å². The minimum atomic E-state index is 0.421. The molecule has 1 aromatic carbocycles. The van der Waals surface area contributed by atoms with Gasteiger partial charge in [0.05, 0.1) is 5.69 Å². The Morgan fingerprint density at radius 3 is 2.47 bits per heavy atom. The molecule has 3 heteroatoms. The van der Waals surface area contributed by atoms with Gasteiger partial charge < -0.3 is 5.32 Å². The van der Waals surface area contributed by atoms with Gasteiger partial charge in [0.25, 0.3) is 0 Å². The molecule has 0 aliphatic heterocycles. The Kier molecular flexibility index (Phi) is 4.25. The Hall–Kier alpha value is -1.77. The molecule has 2 aromatic rings. The first kappa shape index (κ1) is 13.7. The Balaban J connectivity index is 2.22. The largest absolute Gasteiger partial charge is 0.353 e. The molecule has 0 aliphatic carbocycles. The first-order chi connectivity index (χ1) is 9.06. The Morgan fingerprint density at radius 1 is 1.16 bits per heavy atom. The van der Waals surface area contributed by atoms with Crippen molar-refractivity contribution in [2.75, 3.05) is 5.32 Å². The van der Waals surface area contributed by atoms with Crippen molar-refractivity contribution in [2.24, 2.45) is 5.92 Å². The zero-order valence-electron chi connectivity index (χ0n) is 12.2. The van der Waals surface area contributed by atoms with Gasteiger partial charge in [-0.3, -0.25) is 4.57 Å². The zero-order chi connectivity index (χ0) is 13.8. The van der Waals surface area contributed by atoms with E-state index in [0.29, 0.717) is 12.0 Å². The molecule has 1 aromatic heterocycles. The fraction of sp³-hybridized carbons (Fsp3) is 0.438. The average Bonchev–Trinajstić information content (AvgIpc) is 2.70. The van der Waals surface area contributed by atoms with E-state index in [1.165, 1.54) is 0 Å². The monoisotopic (exact) mass is 257 g/mol. The van der Waals surface area contributed by atoms with Crippen LogP contribution >= 0.6 is 0 Å². The van der Waals surface area contributed by atoms with Gasteiger partial charge >= 0.3 is 0 Å². The standard InChI is InChI=1S/C16H23N3/c1-12(2)10-13(3)17-16-18-14(4)11-19(16)15-8-6-5-7-9-15/h5-9,11-13H,10H2,1-4H3,(H,17,18). The van der Waals surface area contributed by atoms with E-state index in [1.807, 2.05) is 25.1 Å². The molecule has 1 atom stereocenters. The lowest BCUT2D eigenvalue weighted by Gasteiger charge is -2.17. The summed E-state index contributed by atoms with van der Waals surface area (Å²) in [4.78, 5) is 4.59. The second kappa shape index (κ2) is 5.91. The maximum Gasteiger partial charge on any atom is 0.207 e. The van der Waals surface area contributed by atoms with E-state index in [2.05, 4.69) is 54.0 Å². The molecule has 0 fully saturated rings. The number of nitrogens with zero attached hydrogens (tertiary/aromatic N) is 2. The molecule has 1 heterocycles. The number of hydrogen-bond acceptors (Lipinski definition) is 2. The normalized spacial score (nSPS) is 12.7. The molecule has 3 nitrogen and oxygen atoms in total. The topological polar surface area (TPSA) is 29.9 Å². The third kappa shape index (κ3) is 3.60. The zero-order valence-corrected chi connectivity index (χ0v) is 12.2. The van der Waals surface area contributed by atoms with Gasteiger partial charge in [-0.2, -0.15) is 0 Å². The second-order valence-corrected chi connectivity index (χ2v) is 5.59. The molecule has 0 aliphatic rings. The Labute approximate surface area is 115 Å². The van der Waals surface area contributed by atoms with Crippen molar-refractivity contribution in [1.82, 2.24) is 9.55 Å². The molecule has 0 saturated heterocycles. The highest BCUT2D eigenvalue weighted by Crippen LogP contribution is 2.18. The average molecular weight is 257 g/mol. The van der Waals surface area contributed by atoms with Gasteiger partial charge in [0, 0.05) is 17.9 Å². The van der Waals surface area contributed by atoms with Crippen LogP contribution in [-0.4, -0.2) is 15.6 Å². The van der Waals surface area contributed by atoms with Gasteiger partial charge in [-0.25, -0.2) is 4.98 Å². The number of imidazole rings is 1. The fourth-order valence-corrected chi connectivity index (χ4v) is 2.37. The van der Waals surface area contributed by atoms with E-state index in [4.69, 9.17) is 0 Å². The lowest BCUT2D eigenvalue weighted by Crippen LogP contribution is -2.19. The summed E-state index contributed by atoms with van der Waals surface area (Å²) < 4.78 is 2.12. The van der Waals surface area contributed by atoms with Crippen LogP contribution in [0.2, 0.25) is 0 Å². The molecule has 0 radical (unpaired) electrons. The van der Waals surface area contributed by atoms with Crippen molar-refractivity contribution in [1.29, 1.82) is 0 Å². The van der Waals surface area contributed by atoms with Crippen molar-refractivity contribution < 1.29 is 0 Å². The fourth-order valence-electron chi connectivity index (χ4n) is 2.37. The van der Waals surface area contributed by atoms with Crippen LogP contribution in [0.3, 0.4) is 0 Å². The number of aromatic nitrogens is 2. The van der Waals surface area contributed by atoms with Crippen LogP contribution in [0.25, 0.3) is 5.69 Å². The molecular formula is C16H23N3. The summed E-state index contributed by atoms with van der Waals surface area (Å²) in [5.74, 6) is 1.61. The number of anilines is 1. The quantitative estimate of drug-likeness (QED) is 0.876. The smallest absolute Gasteiger partial charge is 0.207 e. The first-order valence-electron chi connectivity index (χ1n) is 6.94. The third-order valence-electron chi connectivity index (χ3n) is 3.06. The van der Waals surface area contributed by atoms with Gasteiger partial charge in [-0.15, -0.1) is 0 Å². The highest BCUT2D eigenvalue weighted by molar-refractivity contribution is 5.43. The maximum atomic E-state index is 4.59. The maximum absolute atomic E-state index is 4.59. The predicted octanol–water partition coefficient (Wildman–Crippen LogP) is 4.03. The van der Waals surface area contributed by atoms with E-state index >= 15 is 0 Å². The molecule has 0 spiro atoms. The summed E-state index contributed by atoms with van der Waals surface area (Å²) in [5, 5.41) is 3.51. The molecule has 1 N–H and O–H groups in total. The van der Waals surface area contributed by atoms with Crippen molar-refractivity contribution in [3.8, 4) is 5.69 Å². The summed E-state index contributed by atoms with van der Waals surface area (Å²) in [6.07, 6.45) is 3.21. The minimum Gasteiger partial charge on any atom is -0.353 e. The number of aryl methyl sites for hydroxylation is 1. The van der Waals surface area contributed by atoms with Crippen LogP contribution in [0.1, 0.15) is 32.9 Å². The van der Waals surface area contributed by atoms with Crippen LogP contribution in [0.4, 0.5) is 5.95 Å². The van der Waals surface area contributed by atoms with Crippen LogP contribution in [0, 0.1) is 12.8 Å². The second-order valence-electron chi connectivity index (χ2n) is 5.59. The Morgan fingerprint density at radius 2 is 1.84 bits per heavy atom. The number of nitrogens with one attached hydrogen (secondary N) is 1. The highest BCUT2D eigenvalue weighted by Gasteiger charge is 2.11. The van der Waals surface area contributed by atoms with Crippen LogP contribution in [0.15, 0.2) is 36.5 Å². The molecule has 102 valence electrons. The van der Waals surface area contributed by atoms with Gasteiger partial charge in [0.1, 0.15) is 0 Å². The van der Waals surface area contributed by atoms with Gasteiger partial charge in [-0.05, 0) is 38.3 Å². The summed E-state index contributed by atoms with van der Waals surface area (Å²) in [6.45, 7) is 8.72. The van der Waals surface area contributed by atoms with E-state index in [9.17, 15) is 0 Å². The van der Waals surface area contributed by atoms with Crippen molar-refractivity contribution in [3.63, 3.8) is 0 Å². The van der Waals surface area contributed by atoms with Crippen molar-refractivity contribution >= 4 is 5.95 Å². The summed E-state index contributed by atoms with van der Waals surface area (Å²) in [5.41, 5.74) is 2.17. The molecule has 1 unspecified atom stereocenters. The van der Waals surface area contributed by atoms with E-state index in [0.717, 1.165) is 23.8 Å².